The van der Waals surface area contributed by atoms with Crippen LogP contribution in [0.4, 0.5) is 0 Å². The van der Waals surface area contributed by atoms with Gasteiger partial charge in [-0.2, -0.15) is 0 Å². The molecule has 0 spiro atoms. The van der Waals surface area contributed by atoms with Crippen LogP contribution in [0.2, 0.25) is 0 Å². The van der Waals surface area contributed by atoms with Crippen molar-refractivity contribution < 1.29 is 4.74 Å². The highest BCUT2D eigenvalue weighted by Gasteiger charge is 2.09. The zero-order valence-electron chi connectivity index (χ0n) is 8.69. The molecule has 0 fully saturated rings. The van der Waals surface area contributed by atoms with Crippen molar-refractivity contribution in [3.05, 3.63) is 35.9 Å². The first-order chi connectivity index (χ1) is 6.74. The van der Waals surface area contributed by atoms with Crippen LogP contribution in [0.1, 0.15) is 19.4 Å². The summed E-state index contributed by atoms with van der Waals surface area (Å²) < 4.78 is 5.31. The number of ether oxygens (including phenoxy) is 1. The molecule has 0 saturated carbocycles. The topological polar surface area (TPSA) is 9.23 Å². The predicted octanol–water partition coefficient (Wildman–Crippen LogP) is 3.23. The maximum atomic E-state index is 5.31. The summed E-state index contributed by atoms with van der Waals surface area (Å²) >= 11 is 5.15. The van der Waals surface area contributed by atoms with Gasteiger partial charge in [0.1, 0.15) is 0 Å². The van der Waals surface area contributed by atoms with Crippen LogP contribution in [-0.2, 0) is 11.2 Å². The first kappa shape index (κ1) is 11.2. The molecule has 0 aliphatic carbocycles. The van der Waals surface area contributed by atoms with E-state index in [0.29, 0.717) is 12.5 Å². The van der Waals surface area contributed by atoms with E-state index in [0.717, 1.165) is 11.5 Å². The average molecular weight is 208 g/mol. The van der Waals surface area contributed by atoms with Crippen LogP contribution in [0.25, 0.3) is 0 Å². The van der Waals surface area contributed by atoms with Crippen LogP contribution >= 0.6 is 12.2 Å². The lowest BCUT2D eigenvalue weighted by atomic mass is 10.0. The average Bonchev–Trinajstić information content (AvgIpc) is 2.19. The molecule has 0 radical (unpaired) electrons. The van der Waals surface area contributed by atoms with Crippen LogP contribution in [0.15, 0.2) is 30.3 Å². The van der Waals surface area contributed by atoms with Crippen LogP contribution in [0.3, 0.4) is 0 Å². The van der Waals surface area contributed by atoms with Gasteiger partial charge >= 0.3 is 0 Å². The Hall–Kier alpha value is -0.890. The minimum Gasteiger partial charge on any atom is -0.487 e. The third-order valence-electron chi connectivity index (χ3n) is 2.07. The molecule has 1 unspecified atom stereocenters. The van der Waals surface area contributed by atoms with E-state index in [4.69, 9.17) is 17.0 Å². The summed E-state index contributed by atoms with van der Waals surface area (Å²) in [7, 11) is 0. The Balaban J connectivity index is 2.49. The maximum Gasteiger partial charge on any atom is 0.162 e. The Labute approximate surface area is 91.1 Å². The zero-order valence-corrected chi connectivity index (χ0v) is 9.51. The summed E-state index contributed by atoms with van der Waals surface area (Å²) in [5.41, 5.74) is 1.31. The highest BCUT2D eigenvalue weighted by molar-refractivity contribution is 7.80. The molecule has 1 aromatic carbocycles. The number of benzene rings is 1. The third kappa shape index (κ3) is 3.46. The Morgan fingerprint density at radius 3 is 2.57 bits per heavy atom. The summed E-state index contributed by atoms with van der Waals surface area (Å²) in [6.45, 7) is 4.73. The van der Waals surface area contributed by atoms with Gasteiger partial charge in [-0.1, -0.05) is 37.3 Å². The molecule has 76 valence electrons. The molecule has 1 nitrogen and oxygen atoms in total. The second-order valence-electron chi connectivity index (χ2n) is 3.34. The van der Waals surface area contributed by atoms with Crippen molar-refractivity contribution in [2.24, 2.45) is 5.92 Å². The number of hydrogen-bond donors (Lipinski definition) is 0. The smallest absolute Gasteiger partial charge is 0.162 e. The summed E-state index contributed by atoms with van der Waals surface area (Å²) in [5.74, 6) is 0.312. The Morgan fingerprint density at radius 2 is 2.00 bits per heavy atom. The lowest BCUT2D eigenvalue weighted by molar-refractivity contribution is 0.313. The fourth-order valence-corrected chi connectivity index (χ4v) is 1.54. The Bertz CT molecular complexity index is 282. The molecule has 2 heteroatoms. The quantitative estimate of drug-likeness (QED) is 0.703. The van der Waals surface area contributed by atoms with Gasteiger partial charge in [0.05, 0.1) is 6.61 Å². The largest absolute Gasteiger partial charge is 0.487 e. The summed E-state index contributed by atoms with van der Waals surface area (Å²) in [5, 5.41) is 0.719. The molecule has 1 atom stereocenters. The molecule has 0 bridgehead atoms. The van der Waals surface area contributed by atoms with E-state index < -0.39 is 0 Å². The standard InChI is InChI=1S/C12H16OS/c1-3-13-12(14)10(2)9-11-7-5-4-6-8-11/h4-8,10H,3,9H2,1-2H3. The first-order valence-electron chi connectivity index (χ1n) is 4.94. The van der Waals surface area contributed by atoms with Gasteiger partial charge in [-0.05, 0) is 31.1 Å². The van der Waals surface area contributed by atoms with Gasteiger partial charge in [0.25, 0.3) is 0 Å². The zero-order chi connectivity index (χ0) is 10.4. The van der Waals surface area contributed by atoms with Gasteiger partial charge in [0.2, 0.25) is 0 Å². The molecule has 0 saturated heterocycles. The molecule has 0 aliphatic rings. The van der Waals surface area contributed by atoms with E-state index in [1.54, 1.807) is 0 Å². The highest BCUT2D eigenvalue weighted by atomic mass is 32.1. The monoisotopic (exact) mass is 208 g/mol. The van der Waals surface area contributed by atoms with E-state index in [1.165, 1.54) is 5.56 Å². The van der Waals surface area contributed by atoms with Gasteiger partial charge in [0, 0.05) is 5.92 Å². The molecule has 1 rings (SSSR count). The summed E-state index contributed by atoms with van der Waals surface area (Å²) in [6, 6.07) is 10.3. The van der Waals surface area contributed by atoms with Crippen LogP contribution in [-0.4, -0.2) is 11.7 Å². The van der Waals surface area contributed by atoms with Gasteiger partial charge in [-0.15, -0.1) is 0 Å². The lowest BCUT2D eigenvalue weighted by Crippen LogP contribution is -2.14. The van der Waals surface area contributed by atoms with Crippen molar-refractivity contribution in [2.75, 3.05) is 6.61 Å². The van der Waals surface area contributed by atoms with Gasteiger partial charge < -0.3 is 4.74 Å². The molecule has 0 aromatic heterocycles. The van der Waals surface area contributed by atoms with E-state index in [2.05, 4.69) is 19.1 Å². The van der Waals surface area contributed by atoms with Crippen molar-refractivity contribution in [1.29, 1.82) is 0 Å². The fraction of sp³-hybridized carbons (Fsp3) is 0.417. The highest BCUT2D eigenvalue weighted by Crippen LogP contribution is 2.10. The Morgan fingerprint density at radius 1 is 1.36 bits per heavy atom. The second-order valence-corrected chi connectivity index (χ2v) is 3.75. The molecule has 0 aliphatic heterocycles. The third-order valence-corrected chi connectivity index (χ3v) is 2.59. The molecule has 1 aromatic rings. The van der Waals surface area contributed by atoms with Crippen molar-refractivity contribution >= 4 is 17.3 Å². The second kappa shape index (κ2) is 5.76. The van der Waals surface area contributed by atoms with Crippen LogP contribution < -0.4 is 0 Å². The van der Waals surface area contributed by atoms with E-state index in [1.807, 2.05) is 25.1 Å². The fourth-order valence-electron chi connectivity index (χ4n) is 1.34. The van der Waals surface area contributed by atoms with E-state index >= 15 is 0 Å². The summed E-state index contributed by atoms with van der Waals surface area (Å²) in [4.78, 5) is 0. The molecular formula is C12H16OS. The van der Waals surface area contributed by atoms with Crippen LogP contribution in [0, 0.1) is 5.92 Å². The summed E-state index contributed by atoms with van der Waals surface area (Å²) in [6.07, 6.45) is 0.958. The normalized spacial score (nSPS) is 12.1. The molecule has 0 amide bonds. The lowest BCUT2D eigenvalue weighted by Gasteiger charge is -2.12. The predicted molar refractivity (Wildman–Crippen MR) is 63.5 cm³/mol. The number of hydrogen-bond acceptors (Lipinski definition) is 2. The SMILES string of the molecule is CCOC(=S)C(C)Cc1ccccc1. The van der Waals surface area contributed by atoms with Crippen LogP contribution in [0.5, 0.6) is 0 Å². The minimum atomic E-state index is 0.312. The first-order valence-corrected chi connectivity index (χ1v) is 5.35. The maximum absolute atomic E-state index is 5.31. The molecule has 14 heavy (non-hydrogen) atoms. The number of thiocarbonyl (C=S) groups is 1. The number of rotatable bonds is 4. The van der Waals surface area contributed by atoms with Crippen molar-refractivity contribution in [1.82, 2.24) is 0 Å². The minimum absolute atomic E-state index is 0.312. The molecule has 0 heterocycles. The van der Waals surface area contributed by atoms with Gasteiger partial charge in [-0.25, -0.2) is 0 Å². The Kier molecular flexibility index (Phi) is 4.60. The van der Waals surface area contributed by atoms with Gasteiger partial charge in [0.15, 0.2) is 5.05 Å². The molecular weight excluding hydrogens is 192 g/mol. The van der Waals surface area contributed by atoms with Crippen molar-refractivity contribution in [3.63, 3.8) is 0 Å². The van der Waals surface area contributed by atoms with E-state index in [9.17, 15) is 0 Å². The molecule has 0 N–H and O–H groups in total. The van der Waals surface area contributed by atoms with Crippen molar-refractivity contribution in [2.45, 2.75) is 20.3 Å². The van der Waals surface area contributed by atoms with E-state index in [-0.39, 0.29) is 0 Å². The van der Waals surface area contributed by atoms with Gasteiger partial charge in [-0.3, -0.25) is 0 Å². The van der Waals surface area contributed by atoms with Crippen molar-refractivity contribution in [3.8, 4) is 0 Å².